The van der Waals surface area contributed by atoms with Gasteiger partial charge in [0.15, 0.2) is 0 Å². The molecule has 0 amide bonds. The van der Waals surface area contributed by atoms with E-state index in [1.165, 1.54) is 25.0 Å². The molecule has 0 fully saturated rings. The summed E-state index contributed by atoms with van der Waals surface area (Å²) in [5, 5.41) is 0. The van der Waals surface area contributed by atoms with E-state index >= 15 is 0 Å². The van der Waals surface area contributed by atoms with E-state index in [9.17, 15) is 4.39 Å². The van der Waals surface area contributed by atoms with Crippen molar-refractivity contribution in [1.82, 2.24) is 0 Å². The highest BCUT2D eigenvalue weighted by atomic mass is 19.1. The Kier molecular flexibility index (Phi) is 5.42. The molecule has 17 heavy (non-hydrogen) atoms. The van der Waals surface area contributed by atoms with E-state index in [2.05, 4.69) is 11.8 Å². The van der Waals surface area contributed by atoms with E-state index in [1.807, 2.05) is 20.0 Å². The lowest BCUT2D eigenvalue weighted by atomic mass is 10.1. The van der Waals surface area contributed by atoms with Crippen LogP contribution in [0.2, 0.25) is 0 Å². The molecular formula is C14H23FN2. The smallest absolute Gasteiger partial charge is 0.123 e. The highest BCUT2D eigenvalue weighted by Gasteiger charge is 2.11. The molecule has 1 atom stereocenters. The SMILES string of the molecule is CCCCCN(C)c1ccc(F)cc1[C@H](C)N. The molecule has 0 aliphatic rings. The van der Waals surface area contributed by atoms with Gasteiger partial charge in [-0.05, 0) is 37.1 Å². The lowest BCUT2D eigenvalue weighted by Gasteiger charge is -2.24. The van der Waals surface area contributed by atoms with Gasteiger partial charge in [-0.25, -0.2) is 4.39 Å². The molecule has 2 N–H and O–H groups in total. The summed E-state index contributed by atoms with van der Waals surface area (Å²) in [5.41, 5.74) is 7.80. The first-order chi connectivity index (χ1) is 8.06. The highest BCUT2D eigenvalue weighted by Crippen LogP contribution is 2.25. The number of hydrogen-bond acceptors (Lipinski definition) is 2. The zero-order valence-electron chi connectivity index (χ0n) is 11.0. The number of hydrogen-bond donors (Lipinski definition) is 1. The van der Waals surface area contributed by atoms with Crippen LogP contribution in [0.4, 0.5) is 10.1 Å². The molecule has 0 bridgehead atoms. The van der Waals surface area contributed by atoms with Crippen LogP contribution in [0.25, 0.3) is 0 Å². The second-order valence-electron chi connectivity index (χ2n) is 4.62. The molecule has 96 valence electrons. The number of unbranched alkanes of at least 4 members (excludes halogenated alkanes) is 2. The van der Waals surface area contributed by atoms with Gasteiger partial charge in [0.2, 0.25) is 0 Å². The minimum atomic E-state index is -0.219. The van der Waals surface area contributed by atoms with Crippen LogP contribution < -0.4 is 10.6 Å². The summed E-state index contributed by atoms with van der Waals surface area (Å²) in [6.45, 7) is 5.06. The first-order valence-corrected chi connectivity index (χ1v) is 6.32. The predicted molar refractivity (Wildman–Crippen MR) is 71.8 cm³/mol. The van der Waals surface area contributed by atoms with Gasteiger partial charge in [0.25, 0.3) is 0 Å². The van der Waals surface area contributed by atoms with Crippen molar-refractivity contribution >= 4 is 5.69 Å². The maximum absolute atomic E-state index is 13.2. The zero-order chi connectivity index (χ0) is 12.8. The van der Waals surface area contributed by atoms with E-state index in [1.54, 1.807) is 0 Å². The molecule has 0 radical (unpaired) electrons. The average Bonchev–Trinajstić information content (AvgIpc) is 2.29. The normalized spacial score (nSPS) is 12.5. The second kappa shape index (κ2) is 6.60. The molecule has 0 aliphatic heterocycles. The number of halogens is 1. The van der Waals surface area contributed by atoms with Gasteiger partial charge in [0.05, 0.1) is 0 Å². The topological polar surface area (TPSA) is 29.3 Å². The van der Waals surface area contributed by atoms with Crippen molar-refractivity contribution in [2.45, 2.75) is 39.2 Å². The Balaban J connectivity index is 2.81. The van der Waals surface area contributed by atoms with Crippen molar-refractivity contribution in [2.24, 2.45) is 5.73 Å². The van der Waals surface area contributed by atoms with Crippen molar-refractivity contribution < 1.29 is 4.39 Å². The van der Waals surface area contributed by atoms with Crippen molar-refractivity contribution in [2.75, 3.05) is 18.5 Å². The number of benzene rings is 1. The van der Waals surface area contributed by atoms with Crippen LogP contribution in [0, 0.1) is 5.82 Å². The molecule has 1 aromatic rings. The van der Waals surface area contributed by atoms with Gasteiger partial charge < -0.3 is 10.6 Å². The quantitative estimate of drug-likeness (QED) is 0.769. The largest absolute Gasteiger partial charge is 0.374 e. The number of nitrogens with two attached hydrogens (primary N) is 1. The Morgan fingerprint density at radius 2 is 2.06 bits per heavy atom. The van der Waals surface area contributed by atoms with E-state index in [4.69, 9.17) is 5.73 Å². The average molecular weight is 238 g/mol. The van der Waals surface area contributed by atoms with Gasteiger partial charge in [-0.1, -0.05) is 19.8 Å². The van der Waals surface area contributed by atoms with E-state index < -0.39 is 0 Å². The summed E-state index contributed by atoms with van der Waals surface area (Å²) in [7, 11) is 2.04. The van der Waals surface area contributed by atoms with Gasteiger partial charge in [-0.2, -0.15) is 0 Å². The standard InChI is InChI=1S/C14H23FN2/c1-4-5-6-9-17(3)14-8-7-12(15)10-13(14)11(2)16/h7-8,10-11H,4-6,9,16H2,1-3H3/t11-/m0/s1. The Morgan fingerprint density at radius 1 is 1.35 bits per heavy atom. The van der Waals surface area contributed by atoms with Crippen molar-refractivity contribution in [3.8, 4) is 0 Å². The Bertz CT molecular complexity index is 350. The van der Waals surface area contributed by atoms with Crippen LogP contribution in [0.5, 0.6) is 0 Å². The molecular weight excluding hydrogens is 215 g/mol. The molecule has 0 aliphatic carbocycles. The fourth-order valence-corrected chi connectivity index (χ4v) is 1.96. The lowest BCUT2D eigenvalue weighted by molar-refractivity contribution is 0.621. The Labute approximate surface area is 104 Å². The number of anilines is 1. The predicted octanol–water partition coefficient (Wildman–Crippen LogP) is 3.47. The maximum Gasteiger partial charge on any atom is 0.123 e. The molecule has 0 spiro atoms. The molecule has 0 unspecified atom stereocenters. The lowest BCUT2D eigenvalue weighted by Crippen LogP contribution is -2.22. The van der Waals surface area contributed by atoms with Crippen LogP contribution >= 0.6 is 0 Å². The van der Waals surface area contributed by atoms with Crippen molar-refractivity contribution in [1.29, 1.82) is 0 Å². The fourth-order valence-electron chi connectivity index (χ4n) is 1.96. The van der Waals surface area contributed by atoms with Crippen LogP contribution in [-0.2, 0) is 0 Å². The molecule has 0 heterocycles. The van der Waals surface area contributed by atoms with Crippen LogP contribution in [0.15, 0.2) is 18.2 Å². The third-order valence-corrected chi connectivity index (χ3v) is 2.99. The number of rotatable bonds is 6. The molecule has 2 nitrogen and oxygen atoms in total. The van der Waals surface area contributed by atoms with Gasteiger partial charge in [0.1, 0.15) is 5.82 Å². The molecule has 1 aromatic carbocycles. The fraction of sp³-hybridized carbons (Fsp3) is 0.571. The van der Waals surface area contributed by atoms with Crippen molar-refractivity contribution in [3.05, 3.63) is 29.6 Å². The van der Waals surface area contributed by atoms with E-state index in [0.717, 1.165) is 24.2 Å². The first kappa shape index (κ1) is 14.0. The highest BCUT2D eigenvalue weighted by molar-refractivity contribution is 5.54. The molecule has 1 rings (SSSR count). The second-order valence-corrected chi connectivity index (χ2v) is 4.62. The third kappa shape index (κ3) is 4.00. The van der Waals surface area contributed by atoms with Gasteiger partial charge >= 0.3 is 0 Å². The monoisotopic (exact) mass is 238 g/mol. The Hall–Kier alpha value is -1.09. The summed E-state index contributed by atoms with van der Waals surface area (Å²) in [4.78, 5) is 2.16. The number of nitrogens with zero attached hydrogens (tertiary/aromatic N) is 1. The molecule has 3 heteroatoms. The molecule has 0 aromatic heterocycles. The van der Waals surface area contributed by atoms with Crippen molar-refractivity contribution in [3.63, 3.8) is 0 Å². The summed E-state index contributed by atoms with van der Waals surface area (Å²) < 4.78 is 13.2. The first-order valence-electron chi connectivity index (χ1n) is 6.32. The third-order valence-electron chi connectivity index (χ3n) is 2.99. The zero-order valence-corrected chi connectivity index (χ0v) is 11.0. The maximum atomic E-state index is 13.2. The van der Waals surface area contributed by atoms with Gasteiger partial charge in [-0.15, -0.1) is 0 Å². The summed E-state index contributed by atoms with van der Waals surface area (Å²) in [6, 6.07) is 4.71. The van der Waals surface area contributed by atoms with Crippen LogP contribution in [0.1, 0.15) is 44.7 Å². The summed E-state index contributed by atoms with van der Waals surface area (Å²) in [5.74, 6) is -0.219. The summed E-state index contributed by atoms with van der Waals surface area (Å²) in [6.07, 6.45) is 3.58. The van der Waals surface area contributed by atoms with Gasteiger partial charge in [0, 0.05) is 25.3 Å². The summed E-state index contributed by atoms with van der Waals surface area (Å²) >= 11 is 0. The van der Waals surface area contributed by atoms with E-state index in [-0.39, 0.29) is 11.9 Å². The van der Waals surface area contributed by atoms with Gasteiger partial charge in [-0.3, -0.25) is 0 Å². The minimum Gasteiger partial charge on any atom is -0.374 e. The molecule has 0 saturated heterocycles. The minimum absolute atomic E-state index is 0.144. The molecule has 0 saturated carbocycles. The van der Waals surface area contributed by atoms with E-state index in [0.29, 0.717) is 0 Å². The van der Waals surface area contributed by atoms with Crippen LogP contribution in [-0.4, -0.2) is 13.6 Å². The Morgan fingerprint density at radius 3 is 2.65 bits per heavy atom. The van der Waals surface area contributed by atoms with Crippen LogP contribution in [0.3, 0.4) is 0 Å².